The van der Waals surface area contributed by atoms with Crippen molar-refractivity contribution in [1.82, 2.24) is 20.4 Å². The van der Waals surface area contributed by atoms with Gasteiger partial charge in [0.2, 0.25) is 0 Å². The molecule has 0 saturated carbocycles. The fourth-order valence-electron chi connectivity index (χ4n) is 3.35. The summed E-state index contributed by atoms with van der Waals surface area (Å²) >= 11 is 0. The van der Waals surface area contributed by atoms with Gasteiger partial charge in [0.1, 0.15) is 12.7 Å². The van der Waals surface area contributed by atoms with Crippen molar-refractivity contribution in [2.24, 2.45) is 0 Å². The third kappa shape index (κ3) is 4.77. The molecule has 1 saturated heterocycles. The van der Waals surface area contributed by atoms with E-state index in [4.69, 9.17) is 9.26 Å². The van der Waals surface area contributed by atoms with Gasteiger partial charge in [0, 0.05) is 19.6 Å². The maximum atomic E-state index is 6.20. The molecular weight excluding hydrogens is 376 g/mol. The van der Waals surface area contributed by atoms with E-state index in [0.29, 0.717) is 11.7 Å². The largest absolute Gasteiger partial charge is 0.359 e. The van der Waals surface area contributed by atoms with Crippen LogP contribution in [0, 0.1) is 0 Å². The van der Waals surface area contributed by atoms with Gasteiger partial charge in [-0.25, -0.2) is 0 Å². The summed E-state index contributed by atoms with van der Waals surface area (Å²) in [4.78, 5) is 6.80. The highest BCUT2D eigenvalue weighted by atomic mass is 35.5. The molecule has 1 unspecified atom stereocenters. The summed E-state index contributed by atoms with van der Waals surface area (Å²) in [6, 6.07) is 20.5. The monoisotopic (exact) mass is 400 g/mol. The highest BCUT2D eigenvalue weighted by molar-refractivity contribution is 5.85. The summed E-state index contributed by atoms with van der Waals surface area (Å²) in [6.07, 6.45) is -0.179. The minimum atomic E-state index is -0.179. The molecule has 7 heteroatoms. The molecule has 1 aliphatic heterocycles. The molecule has 6 nitrogen and oxygen atoms in total. The number of hydrogen-bond acceptors (Lipinski definition) is 6. The Kier molecular flexibility index (Phi) is 7.17. The summed E-state index contributed by atoms with van der Waals surface area (Å²) in [5, 5.41) is 7.54. The molecule has 1 aromatic heterocycles. The van der Waals surface area contributed by atoms with E-state index in [9.17, 15) is 0 Å². The lowest BCUT2D eigenvalue weighted by Gasteiger charge is -2.30. The molecule has 1 fully saturated rings. The minimum absolute atomic E-state index is 0. The van der Waals surface area contributed by atoms with E-state index in [1.54, 1.807) is 0 Å². The van der Waals surface area contributed by atoms with Gasteiger partial charge in [-0.05, 0) is 18.2 Å². The number of rotatable bonds is 6. The molecule has 1 aliphatic rings. The normalized spacial score (nSPS) is 17.4. The number of likely N-dealkylation sites (N-methyl/N-ethyl adjacent to an activating group) is 1. The SMILES string of the molecule is CN1CCNCC1c1noc(COC(c2ccccc2)c2ccccc2)n1.Cl. The van der Waals surface area contributed by atoms with Gasteiger partial charge in [-0.1, -0.05) is 65.8 Å². The van der Waals surface area contributed by atoms with Crippen LogP contribution in [0.3, 0.4) is 0 Å². The molecule has 148 valence electrons. The van der Waals surface area contributed by atoms with Crippen molar-refractivity contribution in [2.75, 3.05) is 26.7 Å². The lowest BCUT2D eigenvalue weighted by molar-refractivity contribution is 0.0492. The van der Waals surface area contributed by atoms with Crippen molar-refractivity contribution in [1.29, 1.82) is 0 Å². The van der Waals surface area contributed by atoms with Crippen molar-refractivity contribution in [3.8, 4) is 0 Å². The number of ether oxygens (including phenoxy) is 1. The standard InChI is InChI=1S/C21H24N4O2.ClH/c1-25-13-12-22-14-18(25)21-23-19(27-24-21)15-26-20(16-8-4-2-5-9-16)17-10-6-3-7-11-17;/h2-11,18,20,22H,12-15H2,1H3;1H. The molecule has 0 spiro atoms. The van der Waals surface area contributed by atoms with Crippen LogP contribution < -0.4 is 5.32 Å². The van der Waals surface area contributed by atoms with Crippen molar-refractivity contribution < 1.29 is 9.26 Å². The fraction of sp³-hybridized carbons (Fsp3) is 0.333. The molecule has 1 atom stereocenters. The molecule has 3 aromatic rings. The summed E-state index contributed by atoms with van der Waals surface area (Å²) in [6.45, 7) is 3.05. The topological polar surface area (TPSA) is 63.4 Å². The predicted molar refractivity (Wildman–Crippen MR) is 109 cm³/mol. The predicted octanol–water partition coefficient (Wildman–Crippen LogP) is 3.37. The Morgan fingerprint density at radius 2 is 1.75 bits per heavy atom. The second-order valence-corrected chi connectivity index (χ2v) is 6.76. The molecule has 2 aromatic carbocycles. The van der Waals surface area contributed by atoms with Crippen molar-refractivity contribution >= 4 is 12.4 Å². The fourth-order valence-corrected chi connectivity index (χ4v) is 3.35. The van der Waals surface area contributed by atoms with Crippen LogP contribution in [0.4, 0.5) is 0 Å². The van der Waals surface area contributed by atoms with Crippen LogP contribution in [0.1, 0.15) is 35.0 Å². The number of hydrogen-bond donors (Lipinski definition) is 1. The number of halogens is 1. The molecule has 4 rings (SSSR count). The van der Waals surface area contributed by atoms with Gasteiger partial charge in [0.15, 0.2) is 5.82 Å². The molecular formula is C21H25ClN4O2. The highest BCUT2D eigenvalue weighted by Gasteiger charge is 2.25. The Bertz CT molecular complexity index is 804. The lowest BCUT2D eigenvalue weighted by Crippen LogP contribution is -2.44. The molecule has 0 aliphatic carbocycles. The van der Waals surface area contributed by atoms with E-state index < -0.39 is 0 Å². The van der Waals surface area contributed by atoms with Crippen LogP contribution in [0.2, 0.25) is 0 Å². The van der Waals surface area contributed by atoms with Crippen LogP contribution in [-0.2, 0) is 11.3 Å². The van der Waals surface area contributed by atoms with Gasteiger partial charge >= 0.3 is 0 Å². The van der Waals surface area contributed by atoms with E-state index >= 15 is 0 Å². The first kappa shape index (κ1) is 20.5. The first-order valence-electron chi connectivity index (χ1n) is 9.26. The number of aromatic nitrogens is 2. The number of nitrogens with one attached hydrogen (secondary N) is 1. The van der Waals surface area contributed by atoms with Crippen LogP contribution >= 0.6 is 12.4 Å². The average Bonchev–Trinajstić information content (AvgIpc) is 3.19. The molecule has 28 heavy (non-hydrogen) atoms. The van der Waals surface area contributed by atoms with E-state index in [1.165, 1.54) is 0 Å². The van der Waals surface area contributed by atoms with Crippen LogP contribution in [-0.4, -0.2) is 41.7 Å². The zero-order valence-electron chi connectivity index (χ0n) is 15.8. The quantitative estimate of drug-likeness (QED) is 0.684. The van der Waals surface area contributed by atoms with E-state index in [1.807, 2.05) is 36.4 Å². The smallest absolute Gasteiger partial charge is 0.252 e. The number of nitrogens with zero attached hydrogens (tertiary/aromatic N) is 3. The first-order valence-corrected chi connectivity index (χ1v) is 9.26. The second kappa shape index (κ2) is 9.80. The Balaban J connectivity index is 0.00000225. The summed E-state index contributed by atoms with van der Waals surface area (Å²) in [5.41, 5.74) is 2.19. The van der Waals surface area contributed by atoms with Gasteiger partial charge in [-0.2, -0.15) is 4.98 Å². The summed E-state index contributed by atoms with van der Waals surface area (Å²) < 4.78 is 11.7. The van der Waals surface area contributed by atoms with Gasteiger partial charge in [-0.15, -0.1) is 12.4 Å². The van der Waals surface area contributed by atoms with E-state index in [0.717, 1.165) is 30.8 Å². The number of benzene rings is 2. The second-order valence-electron chi connectivity index (χ2n) is 6.76. The van der Waals surface area contributed by atoms with Crippen LogP contribution in [0.5, 0.6) is 0 Å². The van der Waals surface area contributed by atoms with E-state index in [-0.39, 0.29) is 31.2 Å². The first-order chi connectivity index (χ1) is 13.3. The van der Waals surface area contributed by atoms with Crippen molar-refractivity contribution in [3.63, 3.8) is 0 Å². The zero-order chi connectivity index (χ0) is 18.5. The van der Waals surface area contributed by atoms with Crippen molar-refractivity contribution in [2.45, 2.75) is 18.8 Å². The van der Waals surface area contributed by atoms with Gasteiger partial charge in [0.25, 0.3) is 5.89 Å². The minimum Gasteiger partial charge on any atom is -0.359 e. The Morgan fingerprint density at radius 1 is 1.11 bits per heavy atom. The van der Waals surface area contributed by atoms with E-state index in [2.05, 4.69) is 51.7 Å². The highest BCUT2D eigenvalue weighted by Crippen LogP contribution is 2.27. The number of piperazine rings is 1. The van der Waals surface area contributed by atoms with Gasteiger partial charge in [0.05, 0.1) is 6.04 Å². The van der Waals surface area contributed by atoms with Gasteiger partial charge in [-0.3, -0.25) is 4.90 Å². The third-order valence-electron chi connectivity index (χ3n) is 4.87. The lowest BCUT2D eigenvalue weighted by atomic mass is 10.0. The van der Waals surface area contributed by atoms with Crippen LogP contribution in [0.15, 0.2) is 65.2 Å². The maximum Gasteiger partial charge on any atom is 0.252 e. The van der Waals surface area contributed by atoms with Gasteiger partial charge < -0.3 is 14.6 Å². The average molecular weight is 401 g/mol. The molecule has 0 amide bonds. The molecule has 0 radical (unpaired) electrons. The zero-order valence-corrected chi connectivity index (χ0v) is 16.6. The molecule has 1 N–H and O–H groups in total. The van der Waals surface area contributed by atoms with Crippen molar-refractivity contribution in [3.05, 3.63) is 83.5 Å². The Morgan fingerprint density at radius 3 is 2.36 bits per heavy atom. The Hall–Kier alpha value is -2.25. The Labute approximate surface area is 171 Å². The molecule has 0 bridgehead atoms. The summed E-state index contributed by atoms with van der Waals surface area (Å²) in [5.74, 6) is 1.21. The summed E-state index contributed by atoms with van der Waals surface area (Å²) in [7, 11) is 2.08. The molecule has 2 heterocycles. The third-order valence-corrected chi connectivity index (χ3v) is 4.87. The maximum absolute atomic E-state index is 6.20. The van der Waals surface area contributed by atoms with Crippen LogP contribution in [0.25, 0.3) is 0 Å².